The molecule has 2 aromatic carbocycles. The van der Waals surface area contributed by atoms with E-state index in [4.69, 9.17) is 16.3 Å². The summed E-state index contributed by atoms with van der Waals surface area (Å²) >= 11 is 5.95. The summed E-state index contributed by atoms with van der Waals surface area (Å²) in [5, 5.41) is 13.9. The second-order valence-electron chi connectivity index (χ2n) is 5.55. The van der Waals surface area contributed by atoms with Gasteiger partial charge in [0.05, 0.1) is 12.8 Å². The molecule has 0 aliphatic carbocycles. The van der Waals surface area contributed by atoms with Crippen LogP contribution < -0.4 is 15.4 Å². The highest BCUT2D eigenvalue weighted by molar-refractivity contribution is 6.31. The van der Waals surface area contributed by atoms with Crippen LogP contribution in [0.5, 0.6) is 5.75 Å². The van der Waals surface area contributed by atoms with Crippen LogP contribution in [-0.4, -0.2) is 23.2 Å². The van der Waals surface area contributed by atoms with Gasteiger partial charge in [-0.05, 0) is 36.4 Å². The number of rotatable bonds is 6. The molecule has 1 heterocycles. The highest BCUT2D eigenvalue weighted by Crippen LogP contribution is 2.28. The Morgan fingerprint density at radius 3 is 2.67 bits per heavy atom. The molecule has 0 spiro atoms. The Bertz CT molecular complexity index is 951. The molecule has 138 valence electrons. The van der Waals surface area contributed by atoms with Gasteiger partial charge < -0.3 is 15.4 Å². The lowest BCUT2D eigenvalue weighted by Crippen LogP contribution is -2.15. The van der Waals surface area contributed by atoms with Crippen molar-refractivity contribution in [3.63, 3.8) is 0 Å². The summed E-state index contributed by atoms with van der Waals surface area (Å²) in [6.07, 6.45) is 0. The maximum Gasteiger partial charge on any atom is 0.276 e. The molecule has 0 aliphatic rings. The number of hydrogen-bond donors (Lipinski definition) is 2. The minimum atomic E-state index is -0.455. The third-order valence-corrected chi connectivity index (χ3v) is 3.96. The maximum atomic E-state index is 13.6. The molecule has 0 aliphatic heterocycles. The van der Waals surface area contributed by atoms with E-state index in [0.717, 1.165) is 0 Å². The lowest BCUT2D eigenvalue weighted by atomic mass is 10.2. The van der Waals surface area contributed by atoms with Gasteiger partial charge in [0.1, 0.15) is 17.4 Å². The van der Waals surface area contributed by atoms with E-state index < -0.39 is 5.91 Å². The van der Waals surface area contributed by atoms with Crippen LogP contribution in [-0.2, 0) is 6.54 Å². The molecule has 0 bridgehead atoms. The first kappa shape index (κ1) is 18.6. The minimum Gasteiger partial charge on any atom is -0.495 e. The Hall–Kier alpha value is -3.19. The fourth-order valence-corrected chi connectivity index (χ4v) is 2.51. The summed E-state index contributed by atoms with van der Waals surface area (Å²) in [4.78, 5) is 12.3. The molecule has 0 atom stereocenters. The van der Waals surface area contributed by atoms with Crippen molar-refractivity contribution in [1.82, 2.24) is 10.2 Å². The summed E-state index contributed by atoms with van der Waals surface area (Å²) in [6, 6.07) is 14.4. The number of nitrogens with zero attached hydrogens (tertiary/aromatic N) is 2. The Morgan fingerprint density at radius 2 is 1.96 bits per heavy atom. The molecule has 0 saturated heterocycles. The van der Waals surface area contributed by atoms with Gasteiger partial charge in [0.15, 0.2) is 5.69 Å². The zero-order valence-electron chi connectivity index (χ0n) is 14.4. The smallest absolute Gasteiger partial charge is 0.276 e. The number of methoxy groups -OCH3 is 1. The van der Waals surface area contributed by atoms with Crippen LogP contribution in [0.4, 0.5) is 15.9 Å². The Kier molecular flexibility index (Phi) is 5.83. The third kappa shape index (κ3) is 4.71. The van der Waals surface area contributed by atoms with Crippen molar-refractivity contribution in [3.8, 4) is 5.75 Å². The standard InChI is InChI=1S/C19H16ClFN4O2/c1-27-17-8-6-13(20)10-16(17)23-19(26)15-7-9-18(25-24-15)22-11-12-4-2-3-5-14(12)21/h2-10H,11H2,1H3,(H,22,25)(H,23,26). The molecule has 8 heteroatoms. The molecule has 6 nitrogen and oxygen atoms in total. The Balaban J connectivity index is 1.65. The second kappa shape index (κ2) is 8.46. The molecule has 0 unspecified atom stereocenters. The molecule has 0 saturated carbocycles. The van der Waals surface area contributed by atoms with E-state index in [2.05, 4.69) is 20.8 Å². The molecule has 0 radical (unpaired) electrons. The van der Waals surface area contributed by atoms with Crippen LogP contribution >= 0.6 is 11.6 Å². The Labute approximate surface area is 160 Å². The van der Waals surface area contributed by atoms with E-state index in [1.807, 2.05) is 0 Å². The van der Waals surface area contributed by atoms with E-state index in [1.54, 1.807) is 42.5 Å². The van der Waals surface area contributed by atoms with Gasteiger partial charge in [-0.25, -0.2) is 4.39 Å². The van der Waals surface area contributed by atoms with Gasteiger partial charge in [-0.2, -0.15) is 0 Å². The zero-order chi connectivity index (χ0) is 19.2. The maximum absolute atomic E-state index is 13.6. The normalized spacial score (nSPS) is 10.3. The van der Waals surface area contributed by atoms with Gasteiger partial charge in [0, 0.05) is 17.1 Å². The lowest BCUT2D eigenvalue weighted by Gasteiger charge is -2.10. The van der Waals surface area contributed by atoms with Crippen molar-refractivity contribution >= 4 is 29.0 Å². The van der Waals surface area contributed by atoms with E-state index in [9.17, 15) is 9.18 Å². The molecule has 27 heavy (non-hydrogen) atoms. The van der Waals surface area contributed by atoms with Crippen molar-refractivity contribution < 1.29 is 13.9 Å². The number of carbonyl (C=O) groups is 1. The fourth-order valence-electron chi connectivity index (χ4n) is 2.34. The topological polar surface area (TPSA) is 76.1 Å². The largest absolute Gasteiger partial charge is 0.495 e. The summed E-state index contributed by atoms with van der Waals surface area (Å²) < 4.78 is 18.8. The zero-order valence-corrected chi connectivity index (χ0v) is 15.1. The van der Waals surface area contributed by atoms with Crippen LogP contribution in [0.25, 0.3) is 0 Å². The highest BCUT2D eigenvalue weighted by Gasteiger charge is 2.12. The van der Waals surface area contributed by atoms with Crippen LogP contribution in [0, 0.1) is 5.82 Å². The number of carbonyl (C=O) groups excluding carboxylic acids is 1. The molecule has 0 fully saturated rings. The van der Waals surface area contributed by atoms with Crippen molar-refractivity contribution in [2.24, 2.45) is 0 Å². The number of benzene rings is 2. The monoisotopic (exact) mass is 386 g/mol. The molecule has 1 amide bonds. The first-order valence-corrected chi connectivity index (χ1v) is 8.40. The van der Waals surface area contributed by atoms with Crippen molar-refractivity contribution in [1.29, 1.82) is 0 Å². The molecule has 3 aromatic rings. The number of amides is 1. The van der Waals surface area contributed by atoms with Gasteiger partial charge in [0.25, 0.3) is 5.91 Å². The number of halogens is 2. The summed E-state index contributed by atoms with van der Waals surface area (Å²) in [5.41, 5.74) is 1.06. The quantitative estimate of drug-likeness (QED) is 0.665. The molecular weight excluding hydrogens is 371 g/mol. The van der Waals surface area contributed by atoms with Crippen LogP contribution in [0.3, 0.4) is 0 Å². The second-order valence-corrected chi connectivity index (χ2v) is 5.98. The summed E-state index contributed by atoms with van der Waals surface area (Å²) in [7, 11) is 1.49. The average molecular weight is 387 g/mol. The Morgan fingerprint density at radius 1 is 1.15 bits per heavy atom. The molecule has 1 aromatic heterocycles. The van der Waals surface area contributed by atoms with Gasteiger partial charge in [-0.1, -0.05) is 29.8 Å². The van der Waals surface area contributed by atoms with E-state index in [-0.39, 0.29) is 18.1 Å². The molecular formula is C19H16ClFN4O2. The van der Waals surface area contributed by atoms with Crippen molar-refractivity contribution in [3.05, 3.63) is 76.7 Å². The van der Waals surface area contributed by atoms with Crippen LogP contribution in [0.15, 0.2) is 54.6 Å². The number of hydrogen-bond acceptors (Lipinski definition) is 5. The molecule has 3 rings (SSSR count). The van der Waals surface area contributed by atoms with Crippen LogP contribution in [0.2, 0.25) is 5.02 Å². The number of anilines is 2. The van der Waals surface area contributed by atoms with E-state index in [1.165, 1.54) is 19.2 Å². The van der Waals surface area contributed by atoms with Gasteiger partial charge in [0.2, 0.25) is 0 Å². The first-order valence-electron chi connectivity index (χ1n) is 8.02. The van der Waals surface area contributed by atoms with Gasteiger partial charge >= 0.3 is 0 Å². The fraction of sp³-hybridized carbons (Fsp3) is 0.105. The third-order valence-electron chi connectivity index (χ3n) is 3.72. The first-order chi connectivity index (χ1) is 13.1. The number of ether oxygens (including phenoxy) is 1. The predicted molar refractivity (Wildman–Crippen MR) is 102 cm³/mol. The van der Waals surface area contributed by atoms with E-state index in [0.29, 0.717) is 27.8 Å². The minimum absolute atomic E-state index is 0.119. The number of aromatic nitrogens is 2. The van der Waals surface area contributed by atoms with Gasteiger partial charge in [-0.3, -0.25) is 4.79 Å². The summed E-state index contributed by atoms with van der Waals surface area (Å²) in [5.74, 6) is 0.146. The average Bonchev–Trinajstić information content (AvgIpc) is 2.68. The van der Waals surface area contributed by atoms with Crippen molar-refractivity contribution in [2.45, 2.75) is 6.54 Å². The van der Waals surface area contributed by atoms with Crippen LogP contribution in [0.1, 0.15) is 16.1 Å². The van der Waals surface area contributed by atoms with E-state index >= 15 is 0 Å². The lowest BCUT2D eigenvalue weighted by molar-refractivity contribution is 0.102. The predicted octanol–water partition coefficient (Wildman–Crippen LogP) is 4.14. The molecule has 2 N–H and O–H groups in total. The highest BCUT2D eigenvalue weighted by atomic mass is 35.5. The van der Waals surface area contributed by atoms with Gasteiger partial charge in [-0.15, -0.1) is 10.2 Å². The van der Waals surface area contributed by atoms with Crippen molar-refractivity contribution in [2.75, 3.05) is 17.7 Å². The summed E-state index contributed by atoms with van der Waals surface area (Å²) in [6.45, 7) is 0.257. The number of nitrogens with one attached hydrogen (secondary N) is 2. The SMILES string of the molecule is COc1ccc(Cl)cc1NC(=O)c1ccc(NCc2ccccc2F)nn1.